The average Bonchev–Trinajstić information content (AvgIpc) is 2.74. The molecule has 0 aromatic heterocycles. The van der Waals surface area contributed by atoms with E-state index in [9.17, 15) is 13.2 Å². The van der Waals surface area contributed by atoms with Crippen molar-refractivity contribution in [3.8, 4) is 5.75 Å². The number of carbonyl (C=O) groups excluding carboxylic acids is 1. The Morgan fingerprint density at radius 1 is 0.897 bits per heavy atom. The van der Waals surface area contributed by atoms with Crippen LogP contribution in [-0.2, 0) is 10.0 Å². The van der Waals surface area contributed by atoms with Crippen LogP contribution in [0.1, 0.15) is 10.4 Å². The molecule has 3 aromatic carbocycles. The SMILES string of the molecule is CN(CCOc1ccccc1)C(=O)c1ccc(S(=O)(=O)Nc2ccccc2)cc1. The standard InChI is InChI=1S/C22H22N2O4S/c1-24(16-17-28-20-10-6-3-7-11-20)22(25)18-12-14-21(15-13-18)29(26,27)23-19-8-4-2-5-9-19/h2-15,23H,16-17H2,1H3. The summed E-state index contributed by atoms with van der Waals surface area (Å²) >= 11 is 0. The molecule has 0 unspecified atom stereocenters. The number of sulfonamides is 1. The molecule has 7 heteroatoms. The molecule has 3 aromatic rings. The number of ether oxygens (including phenoxy) is 1. The summed E-state index contributed by atoms with van der Waals surface area (Å²) in [5, 5.41) is 0. The van der Waals surface area contributed by atoms with Gasteiger partial charge in [-0.25, -0.2) is 8.42 Å². The van der Waals surface area contributed by atoms with Crippen LogP contribution in [0.3, 0.4) is 0 Å². The van der Waals surface area contributed by atoms with Crippen LogP contribution in [0.2, 0.25) is 0 Å². The molecule has 0 radical (unpaired) electrons. The summed E-state index contributed by atoms with van der Waals surface area (Å²) < 4.78 is 33.1. The maximum atomic E-state index is 12.5. The fraction of sp³-hybridized carbons (Fsp3) is 0.136. The van der Waals surface area contributed by atoms with Gasteiger partial charge in [0.15, 0.2) is 0 Å². The number of benzene rings is 3. The molecule has 0 aliphatic carbocycles. The molecule has 0 aliphatic rings. The monoisotopic (exact) mass is 410 g/mol. The Morgan fingerprint density at radius 2 is 1.48 bits per heavy atom. The number of anilines is 1. The van der Waals surface area contributed by atoms with Gasteiger partial charge in [-0.05, 0) is 48.5 Å². The van der Waals surface area contributed by atoms with Gasteiger partial charge in [-0.15, -0.1) is 0 Å². The van der Waals surface area contributed by atoms with E-state index in [0.29, 0.717) is 24.4 Å². The van der Waals surface area contributed by atoms with Crippen LogP contribution in [-0.4, -0.2) is 39.4 Å². The molecule has 0 bridgehead atoms. The Morgan fingerprint density at radius 3 is 2.10 bits per heavy atom. The van der Waals surface area contributed by atoms with Gasteiger partial charge in [0.05, 0.1) is 11.4 Å². The molecule has 0 heterocycles. The zero-order chi connectivity index (χ0) is 20.7. The van der Waals surface area contributed by atoms with Crippen molar-refractivity contribution < 1.29 is 17.9 Å². The first kappa shape index (κ1) is 20.4. The van der Waals surface area contributed by atoms with E-state index >= 15 is 0 Å². The van der Waals surface area contributed by atoms with Crippen LogP contribution >= 0.6 is 0 Å². The first-order valence-corrected chi connectivity index (χ1v) is 10.6. The number of amides is 1. The first-order valence-electron chi connectivity index (χ1n) is 9.07. The molecule has 29 heavy (non-hydrogen) atoms. The van der Waals surface area contributed by atoms with Gasteiger partial charge in [0, 0.05) is 18.3 Å². The summed E-state index contributed by atoms with van der Waals surface area (Å²) in [6.07, 6.45) is 0. The highest BCUT2D eigenvalue weighted by molar-refractivity contribution is 7.92. The molecule has 0 aliphatic heterocycles. The van der Waals surface area contributed by atoms with Crippen molar-refractivity contribution in [1.82, 2.24) is 4.90 Å². The Hall–Kier alpha value is -3.32. The Balaban J connectivity index is 1.59. The normalized spacial score (nSPS) is 10.9. The van der Waals surface area contributed by atoms with E-state index in [1.54, 1.807) is 37.4 Å². The average molecular weight is 410 g/mol. The van der Waals surface area contributed by atoms with E-state index in [1.807, 2.05) is 30.3 Å². The number of rotatable bonds is 8. The Labute approximate surface area is 170 Å². The number of nitrogens with zero attached hydrogens (tertiary/aromatic N) is 1. The summed E-state index contributed by atoms with van der Waals surface area (Å²) in [6.45, 7) is 0.767. The molecular formula is C22H22N2O4S. The van der Waals surface area contributed by atoms with Gasteiger partial charge in [0.25, 0.3) is 15.9 Å². The maximum Gasteiger partial charge on any atom is 0.261 e. The number of carbonyl (C=O) groups is 1. The van der Waals surface area contributed by atoms with E-state index in [-0.39, 0.29) is 10.8 Å². The van der Waals surface area contributed by atoms with Gasteiger partial charge in [0.1, 0.15) is 12.4 Å². The largest absolute Gasteiger partial charge is 0.492 e. The summed E-state index contributed by atoms with van der Waals surface area (Å²) in [6, 6.07) is 23.9. The fourth-order valence-electron chi connectivity index (χ4n) is 2.64. The van der Waals surface area contributed by atoms with Crippen LogP contribution in [0.4, 0.5) is 5.69 Å². The molecule has 0 atom stereocenters. The minimum Gasteiger partial charge on any atom is -0.492 e. The molecule has 1 N–H and O–H groups in total. The number of nitrogens with one attached hydrogen (secondary N) is 1. The third-order valence-corrected chi connectivity index (χ3v) is 5.62. The van der Waals surface area contributed by atoms with Crippen LogP contribution in [0, 0.1) is 0 Å². The van der Waals surface area contributed by atoms with E-state index in [4.69, 9.17) is 4.74 Å². The van der Waals surface area contributed by atoms with Crippen LogP contribution in [0.15, 0.2) is 89.8 Å². The van der Waals surface area contributed by atoms with Gasteiger partial charge in [-0.2, -0.15) is 0 Å². The van der Waals surface area contributed by atoms with Gasteiger partial charge in [-0.3, -0.25) is 9.52 Å². The Kier molecular flexibility index (Phi) is 6.51. The van der Waals surface area contributed by atoms with Crippen LogP contribution in [0.5, 0.6) is 5.75 Å². The number of likely N-dealkylation sites (N-methyl/N-ethyl adjacent to an activating group) is 1. The quantitative estimate of drug-likeness (QED) is 0.615. The van der Waals surface area contributed by atoms with Crippen molar-refractivity contribution in [1.29, 1.82) is 0 Å². The summed E-state index contributed by atoms with van der Waals surface area (Å²) in [4.78, 5) is 14.2. The molecule has 3 rings (SSSR count). The second-order valence-corrected chi connectivity index (χ2v) is 8.07. The van der Waals surface area contributed by atoms with Gasteiger partial charge in [0.2, 0.25) is 0 Å². The maximum absolute atomic E-state index is 12.5. The predicted molar refractivity (Wildman–Crippen MR) is 113 cm³/mol. The number of para-hydroxylation sites is 2. The molecule has 0 spiro atoms. The molecule has 0 saturated carbocycles. The summed E-state index contributed by atoms with van der Waals surface area (Å²) in [5.74, 6) is 0.537. The highest BCUT2D eigenvalue weighted by atomic mass is 32.2. The first-order chi connectivity index (χ1) is 14.0. The molecule has 1 amide bonds. The molecule has 0 fully saturated rings. The fourth-order valence-corrected chi connectivity index (χ4v) is 3.69. The van der Waals surface area contributed by atoms with Crippen molar-refractivity contribution >= 4 is 21.6 Å². The van der Waals surface area contributed by atoms with Crippen LogP contribution in [0.25, 0.3) is 0 Å². The second kappa shape index (κ2) is 9.25. The zero-order valence-corrected chi connectivity index (χ0v) is 16.8. The van der Waals surface area contributed by atoms with Gasteiger partial charge < -0.3 is 9.64 Å². The molecule has 6 nitrogen and oxygen atoms in total. The number of hydrogen-bond donors (Lipinski definition) is 1. The lowest BCUT2D eigenvalue weighted by molar-refractivity contribution is 0.0773. The van der Waals surface area contributed by atoms with E-state index in [2.05, 4.69) is 4.72 Å². The van der Waals surface area contributed by atoms with Crippen molar-refractivity contribution in [3.63, 3.8) is 0 Å². The van der Waals surface area contributed by atoms with Crippen molar-refractivity contribution in [3.05, 3.63) is 90.5 Å². The van der Waals surface area contributed by atoms with Gasteiger partial charge >= 0.3 is 0 Å². The summed E-state index contributed by atoms with van der Waals surface area (Å²) in [7, 11) is -2.04. The van der Waals surface area contributed by atoms with Crippen molar-refractivity contribution in [2.24, 2.45) is 0 Å². The molecular weight excluding hydrogens is 388 g/mol. The minimum atomic E-state index is -3.72. The van der Waals surface area contributed by atoms with E-state index < -0.39 is 10.0 Å². The third kappa shape index (κ3) is 5.58. The van der Waals surface area contributed by atoms with Crippen LogP contribution < -0.4 is 9.46 Å². The van der Waals surface area contributed by atoms with E-state index in [1.165, 1.54) is 29.2 Å². The molecule has 0 saturated heterocycles. The second-order valence-electron chi connectivity index (χ2n) is 6.38. The topological polar surface area (TPSA) is 75.7 Å². The summed E-state index contributed by atoms with van der Waals surface area (Å²) in [5.41, 5.74) is 0.886. The third-order valence-electron chi connectivity index (χ3n) is 4.22. The lowest BCUT2D eigenvalue weighted by atomic mass is 10.2. The zero-order valence-electron chi connectivity index (χ0n) is 16.0. The lowest BCUT2D eigenvalue weighted by Crippen LogP contribution is -2.30. The predicted octanol–water partition coefficient (Wildman–Crippen LogP) is 3.64. The highest BCUT2D eigenvalue weighted by Crippen LogP contribution is 2.17. The van der Waals surface area contributed by atoms with Crippen molar-refractivity contribution in [2.45, 2.75) is 4.90 Å². The van der Waals surface area contributed by atoms with E-state index in [0.717, 1.165) is 5.75 Å². The smallest absolute Gasteiger partial charge is 0.261 e. The minimum absolute atomic E-state index is 0.0907. The number of hydrogen-bond acceptors (Lipinski definition) is 4. The molecule has 150 valence electrons. The Bertz CT molecular complexity index is 1040. The van der Waals surface area contributed by atoms with Crippen molar-refractivity contribution in [2.75, 3.05) is 24.9 Å². The van der Waals surface area contributed by atoms with Gasteiger partial charge in [-0.1, -0.05) is 36.4 Å². The highest BCUT2D eigenvalue weighted by Gasteiger charge is 2.16. The lowest BCUT2D eigenvalue weighted by Gasteiger charge is -2.18.